The average molecular weight is 1140 g/mol. The summed E-state index contributed by atoms with van der Waals surface area (Å²) in [5, 5.41) is 9.68. The maximum atomic E-state index is 9.68. The summed E-state index contributed by atoms with van der Waals surface area (Å²) in [7, 11) is 0. The second kappa shape index (κ2) is 25.9. The van der Waals surface area contributed by atoms with Gasteiger partial charge in [-0.2, -0.15) is 5.26 Å². The number of hydrogen-bond acceptors (Lipinski definition) is 3. The fourth-order valence-corrected chi connectivity index (χ4v) is 9.49. The summed E-state index contributed by atoms with van der Waals surface area (Å²) in [5.41, 5.74) is 21.1. The van der Waals surface area contributed by atoms with Gasteiger partial charge in [-0.05, 0) is 152 Å². The van der Waals surface area contributed by atoms with Gasteiger partial charge in [0, 0.05) is 32.5 Å². The summed E-state index contributed by atoms with van der Waals surface area (Å²) < 4.78 is 0. The third-order valence-electron chi connectivity index (χ3n) is 13.4. The van der Waals surface area contributed by atoms with E-state index in [-0.39, 0.29) is 20.1 Å². The van der Waals surface area contributed by atoms with E-state index in [9.17, 15) is 5.26 Å². The second-order valence-corrected chi connectivity index (χ2v) is 18.5. The summed E-state index contributed by atoms with van der Waals surface area (Å²) in [4.78, 5) is 8.94. The van der Waals surface area contributed by atoms with Crippen molar-refractivity contribution in [1.29, 1.82) is 5.26 Å². The van der Waals surface area contributed by atoms with Gasteiger partial charge in [-0.15, -0.1) is 70.8 Å². The molecule has 11 rings (SSSR count). The van der Waals surface area contributed by atoms with Crippen LogP contribution in [0.2, 0.25) is 0 Å². The molecule has 2 heterocycles. The molecule has 11 aromatic rings. The normalized spacial score (nSPS) is 10.6. The van der Waals surface area contributed by atoms with Gasteiger partial charge in [-0.1, -0.05) is 177 Å². The van der Waals surface area contributed by atoms with E-state index in [2.05, 4.69) is 192 Å². The van der Waals surface area contributed by atoms with Crippen molar-refractivity contribution in [3.63, 3.8) is 0 Å². The molecule has 365 valence electrons. The van der Waals surface area contributed by atoms with Gasteiger partial charge in [0.15, 0.2) is 0 Å². The number of benzene rings is 9. The van der Waals surface area contributed by atoms with Crippen LogP contribution in [0.15, 0.2) is 261 Å². The molecule has 0 unspecified atom stereocenters. The molecule has 0 aliphatic rings. The molecule has 0 saturated heterocycles. The molecule has 0 fully saturated rings. The van der Waals surface area contributed by atoms with Crippen LogP contribution in [-0.2, 0) is 32.9 Å². The second-order valence-electron chi connectivity index (χ2n) is 18.5. The Balaban J connectivity index is 0.000000188. The van der Waals surface area contributed by atoms with E-state index in [1.807, 2.05) is 91.1 Å². The molecule has 3 nitrogen and oxygen atoms in total. The van der Waals surface area contributed by atoms with Crippen molar-refractivity contribution >= 4 is 0 Å². The molecule has 0 atom stereocenters. The quantitative estimate of drug-likeness (QED) is 0.0759. The topological polar surface area (TPSA) is 49.6 Å². The Morgan fingerprint density at radius 3 is 1.19 bits per heavy atom. The van der Waals surface area contributed by atoms with Gasteiger partial charge in [-0.3, -0.25) is 0 Å². The molecule has 4 heteroatoms. The largest absolute Gasteiger partial charge is 0.305 e. The number of nitrogens with zero attached hydrogens (tertiary/aromatic N) is 3. The van der Waals surface area contributed by atoms with E-state index in [0.717, 1.165) is 56.8 Å². The molecule has 1 radical (unpaired) electrons. The molecule has 9 aromatic carbocycles. The predicted octanol–water partition coefficient (Wildman–Crippen LogP) is 18.3. The molecule has 0 N–H and O–H groups in total. The number of aryl methyl sites for hydroxylation is 2. The summed E-state index contributed by atoms with van der Waals surface area (Å²) >= 11 is 0. The van der Waals surface area contributed by atoms with Crippen molar-refractivity contribution in [3.05, 3.63) is 290 Å². The Bertz CT molecular complexity index is 3520. The maximum absolute atomic E-state index is 9.68. The molecule has 0 spiro atoms. The van der Waals surface area contributed by atoms with Crippen molar-refractivity contribution in [2.24, 2.45) is 0 Å². The minimum absolute atomic E-state index is 0. The number of hydrogen-bond donors (Lipinski definition) is 0. The standard InChI is InChI=1S/C41H36N.C30H19N2.Ir/c1(4-14-32-15-6-3-7-16-32)2-5-17-33-18-10-19-34(28-33)35-20-11-21-36(29-35)37-22-12-23-38(30-37)39-24-13-25-40(31-39)41-26-8-9-27-42-41;31-21-22-16-28(25-11-6-10-24(18-25)23-8-2-1-3-9-23)20-29(17-22)26-12-7-13-27(19-26)30-14-4-5-15-32-30;/h3,6-13,15-16,18-24,26-31H,1-2,4-5,14,17H2;1-12,14-20H;/q2*-1;. The van der Waals surface area contributed by atoms with Crippen LogP contribution in [0.5, 0.6) is 0 Å². The predicted molar refractivity (Wildman–Crippen MR) is 307 cm³/mol. The molecule has 0 aliphatic carbocycles. The molecule has 0 saturated carbocycles. The molecule has 0 bridgehead atoms. The molecular weight excluding hydrogens is 1090 g/mol. The van der Waals surface area contributed by atoms with Gasteiger partial charge in [0.2, 0.25) is 0 Å². The maximum Gasteiger partial charge on any atom is 0.0992 e. The Morgan fingerprint density at radius 1 is 0.320 bits per heavy atom. The third kappa shape index (κ3) is 13.7. The Kier molecular flexibility index (Phi) is 17.7. The van der Waals surface area contributed by atoms with Gasteiger partial charge in [0.05, 0.1) is 11.6 Å². The summed E-state index contributed by atoms with van der Waals surface area (Å²) in [6.07, 6.45) is 11.0. The molecule has 0 amide bonds. The van der Waals surface area contributed by atoms with Gasteiger partial charge in [0.1, 0.15) is 0 Å². The molecule has 0 aliphatic heterocycles. The monoisotopic (exact) mass is 1140 g/mol. The van der Waals surface area contributed by atoms with E-state index in [4.69, 9.17) is 0 Å². The molecule has 75 heavy (non-hydrogen) atoms. The van der Waals surface area contributed by atoms with E-state index < -0.39 is 0 Å². The minimum Gasteiger partial charge on any atom is -0.305 e. The van der Waals surface area contributed by atoms with Crippen molar-refractivity contribution in [1.82, 2.24) is 9.97 Å². The molecule has 2 aromatic heterocycles. The first-order chi connectivity index (χ1) is 36.6. The Morgan fingerprint density at radius 2 is 0.693 bits per heavy atom. The van der Waals surface area contributed by atoms with Crippen LogP contribution in [0, 0.1) is 23.5 Å². The van der Waals surface area contributed by atoms with Crippen molar-refractivity contribution in [2.45, 2.75) is 38.5 Å². The van der Waals surface area contributed by atoms with Crippen LogP contribution < -0.4 is 0 Å². The van der Waals surface area contributed by atoms with E-state index in [1.54, 1.807) is 6.20 Å². The first kappa shape index (κ1) is 51.3. The summed E-state index contributed by atoms with van der Waals surface area (Å²) in [5.74, 6) is 0. The molecular formula is C71H55IrN3-2. The SMILES string of the molecule is N#Cc1cc(-c2cc[c-]c(-c3ccccn3)c2)cc(-c2cccc(-c3ccccc3)c2)c1.[Ir].[c-]1ccc(-c2cccc(-c3cccc(-c4cccc(CCCCCCc5ccccc5)c4)c3)c2)cc1-c1ccccn1. The van der Waals surface area contributed by atoms with Crippen LogP contribution in [0.1, 0.15) is 42.4 Å². The van der Waals surface area contributed by atoms with E-state index >= 15 is 0 Å². The Hall–Kier alpha value is -8.58. The van der Waals surface area contributed by atoms with E-state index in [1.165, 1.54) is 82.2 Å². The van der Waals surface area contributed by atoms with Crippen LogP contribution in [0.3, 0.4) is 0 Å². The average Bonchev–Trinajstić information content (AvgIpc) is 3.49. The van der Waals surface area contributed by atoms with Gasteiger partial charge in [0.25, 0.3) is 0 Å². The first-order valence-corrected chi connectivity index (χ1v) is 25.5. The smallest absolute Gasteiger partial charge is 0.0992 e. The number of aromatic nitrogens is 2. The number of nitriles is 1. The zero-order valence-corrected chi connectivity index (χ0v) is 44.1. The number of unbranched alkanes of at least 4 members (excludes halogenated alkanes) is 3. The third-order valence-corrected chi connectivity index (χ3v) is 13.4. The van der Waals surface area contributed by atoms with Crippen molar-refractivity contribution in [2.75, 3.05) is 0 Å². The van der Waals surface area contributed by atoms with Crippen molar-refractivity contribution in [3.8, 4) is 95.3 Å². The number of rotatable bonds is 15. The summed E-state index contributed by atoms with van der Waals surface area (Å²) in [6, 6.07) is 95.5. The van der Waals surface area contributed by atoms with Crippen LogP contribution in [0.4, 0.5) is 0 Å². The van der Waals surface area contributed by atoms with Gasteiger partial charge < -0.3 is 9.97 Å². The van der Waals surface area contributed by atoms with Gasteiger partial charge >= 0.3 is 0 Å². The van der Waals surface area contributed by atoms with Crippen LogP contribution in [-0.4, -0.2) is 9.97 Å². The fraction of sp³-hybridized carbons (Fsp3) is 0.0845. The van der Waals surface area contributed by atoms with Gasteiger partial charge in [-0.25, -0.2) is 0 Å². The first-order valence-electron chi connectivity index (χ1n) is 25.5. The van der Waals surface area contributed by atoms with Crippen LogP contribution in [0.25, 0.3) is 89.3 Å². The zero-order valence-electron chi connectivity index (χ0n) is 41.7. The van der Waals surface area contributed by atoms with Crippen LogP contribution >= 0.6 is 0 Å². The zero-order chi connectivity index (χ0) is 50.2. The summed E-state index contributed by atoms with van der Waals surface area (Å²) in [6.45, 7) is 0. The van der Waals surface area contributed by atoms with E-state index in [0.29, 0.717) is 5.56 Å². The number of pyridine rings is 2. The minimum atomic E-state index is 0. The Labute approximate surface area is 456 Å². The fourth-order valence-electron chi connectivity index (χ4n) is 9.49. The van der Waals surface area contributed by atoms with Crippen molar-refractivity contribution < 1.29 is 20.1 Å².